The Hall–Kier alpha value is -0.650. The molecule has 1 aromatic carbocycles. The topological polar surface area (TPSA) is 46.5 Å². The van der Waals surface area contributed by atoms with Crippen LogP contribution in [0.15, 0.2) is 28.0 Å². The van der Waals surface area contributed by atoms with Crippen molar-refractivity contribution in [3.05, 3.63) is 23.8 Å². The molecule has 0 radical (unpaired) electrons. The van der Waals surface area contributed by atoms with Crippen LogP contribution in [0.25, 0.3) is 0 Å². The van der Waals surface area contributed by atoms with Gasteiger partial charge < -0.3 is 9.84 Å². The molecule has 0 aliphatic heterocycles. The third-order valence-electron chi connectivity index (χ3n) is 2.24. The predicted molar refractivity (Wildman–Crippen MR) is 71.6 cm³/mol. The zero-order valence-electron chi connectivity index (χ0n) is 10.1. The van der Waals surface area contributed by atoms with Crippen molar-refractivity contribution in [2.24, 2.45) is 0 Å². The number of benzene rings is 1. The number of hydrogen-bond donors (Lipinski definition) is 1. The summed E-state index contributed by atoms with van der Waals surface area (Å²) in [5.74, 6) is -0.596. The highest BCUT2D eigenvalue weighted by Gasteiger charge is 2.22. The van der Waals surface area contributed by atoms with Crippen LogP contribution >= 0.6 is 23.5 Å². The summed E-state index contributed by atoms with van der Waals surface area (Å²) in [6.45, 7) is 1.99. The molecule has 0 aliphatic carbocycles. The largest absolute Gasteiger partial charge is 0.464 e. The van der Waals surface area contributed by atoms with Crippen LogP contribution in [0.2, 0.25) is 0 Å². The fourth-order valence-electron chi connectivity index (χ4n) is 1.48. The summed E-state index contributed by atoms with van der Waals surface area (Å²) in [6, 6.07) is 5.56. The van der Waals surface area contributed by atoms with Gasteiger partial charge in [-0.2, -0.15) is 0 Å². The Balaban J connectivity index is 3.08. The normalized spacial score (nSPS) is 12.2. The molecule has 1 unspecified atom stereocenters. The number of esters is 1. The van der Waals surface area contributed by atoms with Crippen LogP contribution in [0.5, 0.6) is 0 Å². The van der Waals surface area contributed by atoms with Gasteiger partial charge in [0.15, 0.2) is 6.10 Å². The van der Waals surface area contributed by atoms with Gasteiger partial charge >= 0.3 is 5.97 Å². The summed E-state index contributed by atoms with van der Waals surface area (Å²) < 4.78 is 4.83. The van der Waals surface area contributed by atoms with E-state index in [0.29, 0.717) is 5.56 Å². The number of carbonyl (C=O) groups is 1. The summed E-state index contributed by atoms with van der Waals surface area (Å²) in [6.07, 6.45) is 2.69. The van der Waals surface area contributed by atoms with E-state index in [-0.39, 0.29) is 6.61 Å². The lowest BCUT2D eigenvalue weighted by Crippen LogP contribution is -2.16. The summed E-state index contributed by atoms with van der Waals surface area (Å²) in [7, 11) is 0. The maximum absolute atomic E-state index is 11.5. The molecule has 94 valence electrons. The Morgan fingerprint density at radius 2 is 2.12 bits per heavy atom. The predicted octanol–water partition coefficient (Wildman–Crippen LogP) is 2.73. The van der Waals surface area contributed by atoms with Crippen molar-refractivity contribution in [1.29, 1.82) is 0 Å². The van der Waals surface area contributed by atoms with Gasteiger partial charge in [-0.3, -0.25) is 0 Å². The van der Waals surface area contributed by atoms with Crippen LogP contribution in [0, 0.1) is 0 Å². The van der Waals surface area contributed by atoms with Gasteiger partial charge in [-0.05, 0) is 25.5 Å². The number of thioether (sulfide) groups is 2. The van der Waals surface area contributed by atoms with E-state index < -0.39 is 12.1 Å². The van der Waals surface area contributed by atoms with Gasteiger partial charge in [0.2, 0.25) is 0 Å². The molecule has 0 saturated heterocycles. The molecule has 0 spiro atoms. The van der Waals surface area contributed by atoms with Gasteiger partial charge in [-0.15, -0.1) is 23.5 Å². The van der Waals surface area contributed by atoms with Crippen molar-refractivity contribution >= 4 is 29.5 Å². The molecule has 17 heavy (non-hydrogen) atoms. The van der Waals surface area contributed by atoms with Crippen molar-refractivity contribution in [3.8, 4) is 0 Å². The highest BCUT2D eigenvalue weighted by molar-refractivity contribution is 8.01. The maximum Gasteiger partial charge on any atom is 0.339 e. The minimum atomic E-state index is -1.20. The fourth-order valence-corrected chi connectivity index (χ4v) is 3.18. The number of carbonyl (C=O) groups excluding carboxylic acids is 1. The smallest absolute Gasteiger partial charge is 0.339 e. The fraction of sp³-hybridized carbons (Fsp3) is 0.417. The van der Waals surface area contributed by atoms with Crippen molar-refractivity contribution < 1.29 is 14.6 Å². The standard InChI is InChI=1S/C12H16O3S2/c1-4-15-12(14)10(13)8-6-5-7-9(16-2)11(8)17-3/h5-7,10,13H,4H2,1-3H3. The van der Waals surface area contributed by atoms with Crippen LogP contribution in [0.1, 0.15) is 18.6 Å². The Kier molecular flexibility index (Phi) is 5.88. The Labute approximate surface area is 110 Å². The van der Waals surface area contributed by atoms with Crippen LogP contribution in [-0.2, 0) is 9.53 Å². The molecule has 3 nitrogen and oxygen atoms in total. The zero-order chi connectivity index (χ0) is 12.8. The minimum absolute atomic E-state index is 0.271. The Morgan fingerprint density at radius 3 is 2.65 bits per heavy atom. The summed E-state index contributed by atoms with van der Waals surface area (Å²) in [5, 5.41) is 9.95. The lowest BCUT2D eigenvalue weighted by Gasteiger charge is -2.15. The second kappa shape index (κ2) is 6.93. The number of aliphatic hydroxyl groups excluding tert-OH is 1. The lowest BCUT2D eigenvalue weighted by molar-refractivity contribution is -0.153. The first-order valence-electron chi connectivity index (χ1n) is 5.21. The Morgan fingerprint density at radius 1 is 1.41 bits per heavy atom. The quantitative estimate of drug-likeness (QED) is 0.659. The van der Waals surface area contributed by atoms with Crippen LogP contribution in [0.4, 0.5) is 0 Å². The molecule has 1 aromatic rings. The van der Waals surface area contributed by atoms with Crippen LogP contribution in [0.3, 0.4) is 0 Å². The highest BCUT2D eigenvalue weighted by atomic mass is 32.2. The average molecular weight is 272 g/mol. The van der Waals surface area contributed by atoms with Gasteiger partial charge in [0.25, 0.3) is 0 Å². The van der Waals surface area contributed by atoms with Crippen LogP contribution in [-0.4, -0.2) is 30.2 Å². The monoisotopic (exact) mass is 272 g/mol. The van der Waals surface area contributed by atoms with E-state index in [0.717, 1.165) is 9.79 Å². The van der Waals surface area contributed by atoms with Crippen LogP contribution < -0.4 is 0 Å². The summed E-state index contributed by atoms with van der Waals surface area (Å²) in [5.41, 5.74) is 0.614. The molecule has 0 aromatic heterocycles. The number of aliphatic hydroxyl groups is 1. The molecule has 1 atom stereocenters. The first kappa shape index (κ1) is 14.4. The molecular weight excluding hydrogens is 256 g/mol. The Bertz CT molecular complexity index is 393. The van der Waals surface area contributed by atoms with E-state index in [1.54, 1.807) is 24.8 Å². The van der Waals surface area contributed by atoms with Crippen molar-refractivity contribution in [1.82, 2.24) is 0 Å². The molecule has 0 fully saturated rings. The molecule has 0 bridgehead atoms. The van der Waals surface area contributed by atoms with Gasteiger partial charge in [-0.1, -0.05) is 12.1 Å². The van der Waals surface area contributed by atoms with E-state index in [9.17, 15) is 9.90 Å². The lowest BCUT2D eigenvalue weighted by atomic mass is 10.1. The molecule has 0 heterocycles. The van der Waals surface area contributed by atoms with Gasteiger partial charge in [0, 0.05) is 15.4 Å². The van der Waals surface area contributed by atoms with E-state index in [1.165, 1.54) is 11.8 Å². The van der Waals surface area contributed by atoms with E-state index in [4.69, 9.17) is 4.74 Å². The highest BCUT2D eigenvalue weighted by Crippen LogP contribution is 2.34. The SMILES string of the molecule is CCOC(=O)C(O)c1cccc(SC)c1SC. The molecule has 0 amide bonds. The van der Waals surface area contributed by atoms with Gasteiger partial charge in [-0.25, -0.2) is 4.79 Å². The summed E-state index contributed by atoms with van der Waals surface area (Å²) in [4.78, 5) is 13.5. The zero-order valence-corrected chi connectivity index (χ0v) is 11.7. The van der Waals surface area contributed by atoms with E-state index in [2.05, 4.69) is 0 Å². The molecule has 5 heteroatoms. The number of rotatable bonds is 5. The second-order valence-corrected chi connectivity index (χ2v) is 4.90. The molecule has 1 N–H and O–H groups in total. The molecule has 0 aliphatic rings. The van der Waals surface area contributed by atoms with E-state index >= 15 is 0 Å². The van der Waals surface area contributed by atoms with Crippen molar-refractivity contribution in [2.45, 2.75) is 22.8 Å². The van der Waals surface area contributed by atoms with Gasteiger partial charge in [0.05, 0.1) is 6.61 Å². The van der Waals surface area contributed by atoms with E-state index in [1.807, 2.05) is 24.6 Å². The third-order valence-corrected chi connectivity index (χ3v) is 4.01. The minimum Gasteiger partial charge on any atom is -0.464 e. The van der Waals surface area contributed by atoms with Gasteiger partial charge in [0.1, 0.15) is 0 Å². The average Bonchev–Trinajstić information content (AvgIpc) is 2.36. The molecule has 1 rings (SSSR count). The molecular formula is C12H16O3S2. The van der Waals surface area contributed by atoms with Crippen molar-refractivity contribution in [3.63, 3.8) is 0 Å². The number of hydrogen-bond acceptors (Lipinski definition) is 5. The van der Waals surface area contributed by atoms with Crippen molar-refractivity contribution in [2.75, 3.05) is 19.1 Å². The maximum atomic E-state index is 11.5. The molecule has 0 saturated carbocycles. The summed E-state index contributed by atoms with van der Waals surface area (Å²) >= 11 is 3.11. The first-order valence-corrected chi connectivity index (χ1v) is 7.66. The second-order valence-electron chi connectivity index (χ2n) is 3.24. The number of ether oxygens (including phenoxy) is 1. The first-order chi connectivity index (χ1) is 8.15. The third kappa shape index (κ3) is 3.40.